The van der Waals surface area contributed by atoms with Gasteiger partial charge in [-0.2, -0.15) is 0 Å². The maximum Gasteiger partial charge on any atom is 0.250 e. The lowest BCUT2D eigenvalue weighted by molar-refractivity contribution is -0.143. The summed E-state index contributed by atoms with van der Waals surface area (Å²) in [4.78, 5) is 45.8. The van der Waals surface area contributed by atoms with Crippen molar-refractivity contribution in [2.75, 3.05) is 25.6 Å². The molecule has 0 saturated carbocycles. The summed E-state index contributed by atoms with van der Waals surface area (Å²) in [6, 6.07) is 13.4. The minimum atomic E-state index is -1.27. The van der Waals surface area contributed by atoms with Gasteiger partial charge in [-0.15, -0.1) is 0 Å². The largest absolute Gasteiger partial charge is 0.385 e. The number of methoxy groups -OCH3 is 1. The van der Waals surface area contributed by atoms with Crippen LogP contribution in [0.1, 0.15) is 23.1 Å². The lowest BCUT2D eigenvalue weighted by Crippen LogP contribution is -2.53. The number of H-pyrrole nitrogens is 1. The number of nitrogens with one attached hydrogen (secondary N) is 3. The molecule has 3 N–H and O–H groups in total. The molecule has 3 aliphatic rings. The van der Waals surface area contributed by atoms with E-state index < -0.39 is 17.4 Å². The Hall–Kier alpha value is -3.49. The standard InChI is InChI=1S/C27H28N4O4/c1-15-7-5-9-18-23(15)29-26(34)27(18)22-21(24(32)31(25(22)33)11-6-12-35-2)20(30-27)13-16-14-28-19-10-4-3-8-17(16)19/h3-5,7-10,14,20-22,28,30H,6,11-13H2,1-2H3,(H,29,34)/t20-,21+,22-,27+/m0/s1. The van der Waals surface area contributed by atoms with Crippen LogP contribution in [0.15, 0.2) is 48.7 Å². The van der Waals surface area contributed by atoms with E-state index in [9.17, 15) is 14.4 Å². The van der Waals surface area contributed by atoms with Crippen LogP contribution in [0.2, 0.25) is 0 Å². The molecule has 35 heavy (non-hydrogen) atoms. The van der Waals surface area contributed by atoms with Gasteiger partial charge < -0.3 is 15.0 Å². The Balaban J connectivity index is 1.45. The summed E-state index contributed by atoms with van der Waals surface area (Å²) in [6.45, 7) is 2.68. The van der Waals surface area contributed by atoms with E-state index in [4.69, 9.17) is 4.74 Å². The monoisotopic (exact) mass is 472 g/mol. The molecule has 2 aromatic carbocycles. The number of fused-ring (bicyclic) bond motifs is 5. The molecular weight excluding hydrogens is 444 g/mol. The van der Waals surface area contributed by atoms with Gasteiger partial charge in [0.1, 0.15) is 5.54 Å². The molecule has 3 amide bonds. The Morgan fingerprint density at radius 1 is 1.06 bits per heavy atom. The van der Waals surface area contributed by atoms with Crippen LogP contribution in [0, 0.1) is 18.8 Å². The Labute approximate surface area is 203 Å². The molecule has 3 aliphatic heterocycles. The molecule has 1 aromatic heterocycles. The van der Waals surface area contributed by atoms with Crippen LogP contribution in [0.3, 0.4) is 0 Å². The van der Waals surface area contributed by atoms with Crippen LogP contribution in [-0.2, 0) is 31.1 Å². The fourth-order valence-corrected chi connectivity index (χ4v) is 6.34. The summed E-state index contributed by atoms with van der Waals surface area (Å²) in [5.74, 6) is -2.18. The SMILES string of the molecule is COCCCN1C(=O)[C@@H]2[C@H](Cc3c[nH]c4ccccc34)N[C@@]3(C(=O)Nc4c(C)cccc43)[C@@H]2C1=O. The van der Waals surface area contributed by atoms with E-state index >= 15 is 0 Å². The van der Waals surface area contributed by atoms with E-state index in [1.165, 1.54) is 4.90 Å². The predicted molar refractivity (Wildman–Crippen MR) is 131 cm³/mol. The quantitative estimate of drug-likeness (QED) is 0.378. The Morgan fingerprint density at radius 2 is 1.89 bits per heavy atom. The van der Waals surface area contributed by atoms with Crippen molar-refractivity contribution >= 4 is 34.3 Å². The van der Waals surface area contributed by atoms with E-state index in [1.807, 2.05) is 55.6 Å². The molecule has 2 saturated heterocycles. The number of aromatic amines is 1. The molecule has 0 radical (unpaired) electrons. The number of carbonyl (C=O) groups excluding carboxylic acids is 3. The third kappa shape index (κ3) is 3.03. The molecule has 0 unspecified atom stereocenters. The number of ether oxygens (including phenoxy) is 1. The number of carbonyl (C=O) groups is 3. The van der Waals surface area contributed by atoms with Gasteiger partial charge in [0.2, 0.25) is 17.7 Å². The third-order valence-corrected chi connectivity index (χ3v) is 7.89. The number of benzene rings is 2. The first-order chi connectivity index (χ1) is 17.0. The van der Waals surface area contributed by atoms with E-state index in [0.717, 1.165) is 33.3 Å². The van der Waals surface area contributed by atoms with Gasteiger partial charge in [0, 0.05) is 54.7 Å². The van der Waals surface area contributed by atoms with E-state index in [2.05, 4.69) is 15.6 Å². The zero-order valence-electron chi connectivity index (χ0n) is 19.8. The Kier molecular flexibility index (Phi) is 5.05. The molecular formula is C27H28N4O4. The smallest absolute Gasteiger partial charge is 0.250 e. The number of imide groups is 1. The molecule has 6 rings (SSSR count). The van der Waals surface area contributed by atoms with E-state index in [-0.39, 0.29) is 30.3 Å². The van der Waals surface area contributed by atoms with Crippen LogP contribution in [0.25, 0.3) is 10.9 Å². The zero-order chi connectivity index (χ0) is 24.3. The molecule has 4 heterocycles. The first-order valence-corrected chi connectivity index (χ1v) is 12.1. The van der Waals surface area contributed by atoms with Gasteiger partial charge in [-0.25, -0.2) is 0 Å². The summed E-state index contributed by atoms with van der Waals surface area (Å²) in [5, 5.41) is 7.62. The molecule has 3 aromatic rings. The molecule has 4 atom stereocenters. The number of hydrogen-bond acceptors (Lipinski definition) is 5. The maximum absolute atomic E-state index is 13.8. The van der Waals surface area contributed by atoms with Gasteiger partial charge in [0.15, 0.2) is 0 Å². The van der Waals surface area contributed by atoms with Crippen molar-refractivity contribution in [3.8, 4) is 0 Å². The molecule has 8 heteroatoms. The van der Waals surface area contributed by atoms with Crippen LogP contribution in [0.5, 0.6) is 0 Å². The molecule has 8 nitrogen and oxygen atoms in total. The lowest BCUT2D eigenvalue weighted by Gasteiger charge is -2.29. The van der Waals surface area contributed by atoms with Crippen molar-refractivity contribution in [1.82, 2.24) is 15.2 Å². The minimum absolute atomic E-state index is 0.209. The van der Waals surface area contributed by atoms with Gasteiger partial charge in [-0.3, -0.25) is 24.6 Å². The van der Waals surface area contributed by atoms with E-state index in [0.29, 0.717) is 19.4 Å². The average molecular weight is 473 g/mol. The number of amides is 3. The highest BCUT2D eigenvalue weighted by atomic mass is 16.5. The van der Waals surface area contributed by atoms with Crippen LogP contribution < -0.4 is 10.6 Å². The number of likely N-dealkylation sites (tertiary alicyclic amines) is 1. The Bertz CT molecular complexity index is 1360. The van der Waals surface area contributed by atoms with Crippen molar-refractivity contribution in [3.05, 3.63) is 65.4 Å². The average Bonchev–Trinajstić information content (AvgIpc) is 3.56. The number of aryl methyl sites for hydroxylation is 1. The molecule has 0 aliphatic carbocycles. The first-order valence-electron chi connectivity index (χ1n) is 12.1. The van der Waals surface area contributed by atoms with Crippen molar-refractivity contribution in [3.63, 3.8) is 0 Å². The van der Waals surface area contributed by atoms with Crippen molar-refractivity contribution in [2.24, 2.45) is 11.8 Å². The fraction of sp³-hybridized carbons (Fsp3) is 0.370. The number of para-hydroxylation sites is 2. The van der Waals surface area contributed by atoms with Gasteiger partial charge in [0.05, 0.1) is 11.8 Å². The fourth-order valence-electron chi connectivity index (χ4n) is 6.34. The lowest BCUT2D eigenvalue weighted by atomic mass is 9.76. The molecule has 0 bridgehead atoms. The summed E-state index contributed by atoms with van der Waals surface area (Å²) in [7, 11) is 1.60. The second kappa shape index (κ2) is 8.03. The summed E-state index contributed by atoms with van der Waals surface area (Å²) in [6.07, 6.45) is 3.03. The molecule has 1 spiro atoms. The van der Waals surface area contributed by atoms with Crippen LogP contribution in [0.4, 0.5) is 5.69 Å². The van der Waals surface area contributed by atoms with Gasteiger partial charge in [-0.05, 0) is 37.0 Å². The summed E-state index contributed by atoms with van der Waals surface area (Å²) in [5.41, 5.74) is 3.20. The third-order valence-electron chi connectivity index (χ3n) is 7.89. The van der Waals surface area contributed by atoms with Gasteiger partial charge in [0.25, 0.3) is 0 Å². The normalized spacial score (nSPS) is 27.2. The number of anilines is 1. The predicted octanol–water partition coefficient (Wildman–Crippen LogP) is 2.48. The number of nitrogens with zero attached hydrogens (tertiary/aromatic N) is 1. The first kappa shape index (κ1) is 22.0. The topological polar surface area (TPSA) is 104 Å². The highest BCUT2D eigenvalue weighted by Crippen LogP contribution is 2.54. The summed E-state index contributed by atoms with van der Waals surface area (Å²) >= 11 is 0. The second-order valence-electron chi connectivity index (χ2n) is 9.75. The van der Waals surface area contributed by atoms with Gasteiger partial charge >= 0.3 is 0 Å². The van der Waals surface area contributed by atoms with Gasteiger partial charge in [-0.1, -0.05) is 36.4 Å². The number of hydrogen-bond donors (Lipinski definition) is 3. The zero-order valence-corrected chi connectivity index (χ0v) is 19.8. The summed E-state index contributed by atoms with van der Waals surface area (Å²) < 4.78 is 5.14. The minimum Gasteiger partial charge on any atom is -0.385 e. The highest BCUT2D eigenvalue weighted by Gasteiger charge is 2.70. The Morgan fingerprint density at radius 3 is 2.71 bits per heavy atom. The van der Waals surface area contributed by atoms with Crippen LogP contribution >= 0.6 is 0 Å². The van der Waals surface area contributed by atoms with Crippen molar-refractivity contribution in [2.45, 2.75) is 31.3 Å². The number of rotatable bonds is 6. The highest BCUT2D eigenvalue weighted by molar-refractivity contribution is 6.15. The molecule has 180 valence electrons. The van der Waals surface area contributed by atoms with E-state index in [1.54, 1.807) is 7.11 Å². The number of aromatic nitrogens is 1. The molecule has 2 fully saturated rings. The van der Waals surface area contributed by atoms with Crippen molar-refractivity contribution in [1.29, 1.82) is 0 Å². The second-order valence-corrected chi connectivity index (χ2v) is 9.75. The van der Waals surface area contributed by atoms with Crippen molar-refractivity contribution < 1.29 is 19.1 Å². The maximum atomic E-state index is 13.8. The van der Waals surface area contributed by atoms with Crippen LogP contribution in [-0.4, -0.2) is 53.9 Å².